The summed E-state index contributed by atoms with van der Waals surface area (Å²) >= 11 is 0. The van der Waals surface area contributed by atoms with E-state index in [1.165, 1.54) is 11.1 Å². The zero-order valence-electron chi connectivity index (χ0n) is 16.9. The Labute approximate surface area is 167 Å². The lowest BCUT2D eigenvalue weighted by Gasteiger charge is -2.15. The quantitative estimate of drug-likeness (QED) is 0.743. The van der Waals surface area contributed by atoms with Gasteiger partial charge in [0.2, 0.25) is 0 Å². The molecule has 5 nitrogen and oxygen atoms in total. The van der Waals surface area contributed by atoms with Crippen LogP contribution in [-0.2, 0) is 11.3 Å². The Morgan fingerprint density at radius 3 is 2.71 bits per heavy atom. The van der Waals surface area contributed by atoms with E-state index in [4.69, 9.17) is 14.2 Å². The number of aryl methyl sites for hydroxylation is 2. The fourth-order valence-electron chi connectivity index (χ4n) is 3.21. The molecular formula is C23H29NO4. The Kier molecular flexibility index (Phi) is 6.93. The number of ether oxygens (including phenoxy) is 3. The summed E-state index contributed by atoms with van der Waals surface area (Å²) in [4.78, 5) is 12.5. The number of rotatable bonds is 8. The van der Waals surface area contributed by atoms with Crippen molar-refractivity contribution in [3.63, 3.8) is 0 Å². The molecular weight excluding hydrogens is 354 g/mol. The standard InChI is InChI=1S/C23H29NO4/c1-4-26-22-10-8-18(23(25)24-14-21-6-5-11-27-21)13-19(22)15-28-20-9-7-16(2)17(3)12-20/h7-10,12-13,21H,4-6,11,14-15H2,1-3H3,(H,24,25)/t21-/m1/s1. The zero-order valence-corrected chi connectivity index (χ0v) is 16.9. The van der Waals surface area contributed by atoms with Crippen molar-refractivity contribution in [3.8, 4) is 11.5 Å². The molecule has 1 N–H and O–H groups in total. The summed E-state index contributed by atoms with van der Waals surface area (Å²) in [5, 5.41) is 2.96. The molecule has 0 spiro atoms. The Morgan fingerprint density at radius 2 is 2.00 bits per heavy atom. The second-order valence-electron chi connectivity index (χ2n) is 7.14. The minimum absolute atomic E-state index is 0.106. The Hall–Kier alpha value is -2.53. The first kappa shape index (κ1) is 20.2. The third kappa shape index (κ3) is 5.26. The molecule has 0 saturated carbocycles. The van der Waals surface area contributed by atoms with E-state index in [9.17, 15) is 4.79 Å². The predicted octanol–water partition coefficient (Wildman–Crippen LogP) is 4.19. The lowest BCUT2D eigenvalue weighted by Crippen LogP contribution is -2.31. The first-order valence-corrected chi connectivity index (χ1v) is 9.92. The van der Waals surface area contributed by atoms with E-state index >= 15 is 0 Å². The van der Waals surface area contributed by atoms with E-state index in [-0.39, 0.29) is 12.0 Å². The minimum Gasteiger partial charge on any atom is -0.493 e. The molecule has 28 heavy (non-hydrogen) atoms. The van der Waals surface area contributed by atoms with E-state index < -0.39 is 0 Å². The van der Waals surface area contributed by atoms with Crippen LogP contribution in [0.15, 0.2) is 36.4 Å². The van der Waals surface area contributed by atoms with E-state index in [0.29, 0.717) is 25.3 Å². The van der Waals surface area contributed by atoms with Gasteiger partial charge in [-0.05, 0) is 75.1 Å². The maximum absolute atomic E-state index is 12.5. The maximum atomic E-state index is 12.5. The Bertz CT molecular complexity index is 812. The molecule has 1 atom stereocenters. The minimum atomic E-state index is -0.106. The molecule has 1 heterocycles. The molecule has 0 radical (unpaired) electrons. The highest BCUT2D eigenvalue weighted by molar-refractivity contribution is 5.94. The average Bonchev–Trinajstić information content (AvgIpc) is 3.21. The van der Waals surface area contributed by atoms with Crippen LogP contribution in [0.5, 0.6) is 11.5 Å². The summed E-state index contributed by atoms with van der Waals surface area (Å²) in [5.74, 6) is 1.44. The molecule has 150 valence electrons. The molecule has 1 amide bonds. The second kappa shape index (κ2) is 9.60. The van der Waals surface area contributed by atoms with Crippen molar-refractivity contribution < 1.29 is 19.0 Å². The van der Waals surface area contributed by atoms with Crippen molar-refractivity contribution in [3.05, 3.63) is 58.7 Å². The molecule has 1 aliphatic rings. The number of hydrogen-bond donors (Lipinski definition) is 1. The molecule has 5 heteroatoms. The summed E-state index contributed by atoms with van der Waals surface area (Å²) in [5.41, 5.74) is 3.86. The van der Waals surface area contributed by atoms with E-state index in [0.717, 1.165) is 36.5 Å². The van der Waals surface area contributed by atoms with Gasteiger partial charge in [0, 0.05) is 24.3 Å². The molecule has 1 aliphatic heterocycles. The van der Waals surface area contributed by atoms with Crippen LogP contribution in [-0.4, -0.2) is 31.8 Å². The fraction of sp³-hybridized carbons (Fsp3) is 0.435. The number of amides is 1. The highest BCUT2D eigenvalue weighted by Gasteiger charge is 2.17. The molecule has 0 aliphatic carbocycles. The third-order valence-corrected chi connectivity index (χ3v) is 5.01. The van der Waals surface area contributed by atoms with Crippen LogP contribution in [0.3, 0.4) is 0 Å². The topological polar surface area (TPSA) is 56.8 Å². The van der Waals surface area contributed by atoms with Gasteiger partial charge in [-0.25, -0.2) is 0 Å². The zero-order chi connectivity index (χ0) is 19.9. The van der Waals surface area contributed by atoms with Crippen LogP contribution >= 0.6 is 0 Å². The normalized spacial score (nSPS) is 16.0. The van der Waals surface area contributed by atoms with Crippen molar-refractivity contribution >= 4 is 5.91 Å². The number of benzene rings is 2. The monoisotopic (exact) mass is 383 g/mol. The molecule has 3 rings (SSSR count). The maximum Gasteiger partial charge on any atom is 0.251 e. The van der Waals surface area contributed by atoms with Crippen molar-refractivity contribution in [2.24, 2.45) is 0 Å². The lowest BCUT2D eigenvalue weighted by molar-refractivity contribution is 0.0857. The van der Waals surface area contributed by atoms with Gasteiger partial charge >= 0.3 is 0 Å². The van der Waals surface area contributed by atoms with Gasteiger partial charge in [0.25, 0.3) is 5.91 Å². The van der Waals surface area contributed by atoms with Gasteiger partial charge in [-0.15, -0.1) is 0 Å². The molecule has 2 aromatic carbocycles. The number of nitrogens with one attached hydrogen (secondary N) is 1. The van der Waals surface area contributed by atoms with Gasteiger partial charge in [-0.2, -0.15) is 0 Å². The van der Waals surface area contributed by atoms with E-state index in [1.807, 2.05) is 37.3 Å². The lowest BCUT2D eigenvalue weighted by atomic mass is 10.1. The number of hydrogen-bond acceptors (Lipinski definition) is 4. The van der Waals surface area contributed by atoms with Crippen LogP contribution < -0.4 is 14.8 Å². The summed E-state index contributed by atoms with van der Waals surface area (Å²) in [6.45, 7) is 8.30. The van der Waals surface area contributed by atoms with Crippen molar-refractivity contribution in [1.82, 2.24) is 5.32 Å². The summed E-state index contributed by atoms with van der Waals surface area (Å²) < 4.78 is 17.2. The summed E-state index contributed by atoms with van der Waals surface area (Å²) in [6.07, 6.45) is 2.18. The van der Waals surface area contributed by atoms with Crippen molar-refractivity contribution in [2.75, 3.05) is 19.8 Å². The van der Waals surface area contributed by atoms with Crippen LogP contribution in [0.25, 0.3) is 0 Å². The molecule has 0 unspecified atom stereocenters. The van der Waals surface area contributed by atoms with Gasteiger partial charge in [-0.3, -0.25) is 4.79 Å². The predicted molar refractivity (Wildman–Crippen MR) is 109 cm³/mol. The first-order chi connectivity index (χ1) is 13.6. The highest BCUT2D eigenvalue weighted by atomic mass is 16.5. The molecule has 0 bridgehead atoms. The SMILES string of the molecule is CCOc1ccc(C(=O)NC[C@H]2CCCO2)cc1COc1ccc(C)c(C)c1. The smallest absolute Gasteiger partial charge is 0.251 e. The van der Waals surface area contributed by atoms with Gasteiger partial charge in [0.1, 0.15) is 18.1 Å². The highest BCUT2D eigenvalue weighted by Crippen LogP contribution is 2.24. The Balaban J connectivity index is 1.69. The number of carbonyl (C=O) groups excluding carboxylic acids is 1. The van der Waals surface area contributed by atoms with Gasteiger partial charge in [0.15, 0.2) is 0 Å². The molecule has 2 aromatic rings. The number of carbonyl (C=O) groups is 1. The summed E-state index contributed by atoms with van der Waals surface area (Å²) in [6, 6.07) is 11.5. The van der Waals surface area contributed by atoms with Crippen LogP contribution in [0.4, 0.5) is 0 Å². The second-order valence-corrected chi connectivity index (χ2v) is 7.14. The average molecular weight is 383 g/mol. The van der Waals surface area contributed by atoms with Gasteiger partial charge in [0.05, 0.1) is 12.7 Å². The van der Waals surface area contributed by atoms with Crippen molar-refractivity contribution in [1.29, 1.82) is 0 Å². The largest absolute Gasteiger partial charge is 0.493 e. The van der Waals surface area contributed by atoms with Crippen molar-refractivity contribution in [2.45, 2.75) is 46.3 Å². The van der Waals surface area contributed by atoms with E-state index in [2.05, 4.69) is 19.2 Å². The molecule has 1 fully saturated rings. The van der Waals surface area contributed by atoms with Gasteiger partial charge in [-0.1, -0.05) is 6.07 Å². The molecule has 0 aromatic heterocycles. The third-order valence-electron chi connectivity index (χ3n) is 5.01. The molecule has 1 saturated heterocycles. The van der Waals surface area contributed by atoms with Crippen LogP contribution in [0.1, 0.15) is 46.8 Å². The van der Waals surface area contributed by atoms with Crippen LogP contribution in [0, 0.1) is 13.8 Å². The first-order valence-electron chi connectivity index (χ1n) is 9.92. The fourth-order valence-corrected chi connectivity index (χ4v) is 3.21. The Morgan fingerprint density at radius 1 is 1.14 bits per heavy atom. The van der Waals surface area contributed by atoms with Crippen LogP contribution in [0.2, 0.25) is 0 Å². The van der Waals surface area contributed by atoms with Gasteiger partial charge < -0.3 is 19.5 Å². The van der Waals surface area contributed by atoms with E-state index in [1.54, 1.807) is 6.07 Å². The summed E-state index contributed by atoms with van der Waals surface area (Å²) in [7, 11) is 0.